The van der Waals surface area contributed by atoms with Crippen LogP contribution in [0.4, 0.5) is 0 Å². The Bertz CT molecular complexity index is 667. The number of ether oxygens (including phenoxy) is 1. The van der Waals surface area contributed by atoms with Crippen molar-refractivity contribution in [3.8, 4) is 0 Å². The molecule has 0 radical (unpaired) electrons. The summed E-state index contributed by atoms with van der Waals surface area (Å²) < 4.78 is 5.66. The number of carbonyl (C=O) groups excluding carboxylic acids is 1. The molecule has 7 heteroatoms. The summed E-state index contributed by atoms with van der Waals surface area (Å²) >= 11 is 0. The number of aliphatic imine (C=N–C) groups is 1. The third-order valence-corrected chi connectivity index (χ3v) is 6.05. The number of nitrogens with one attached hydrogen (secondary N) is 1. The molecule has 2 aliphatic heterocycles. The van der Waals surface area contributed by atoms with Crippen LogP contribution in [0.25, 0.3) is 0 Å². The molecule has 0 aromatic heterocycles. The molecule has 160 valence electrons. The van der Waals surface area contributed by atoms with Crippen LogP contribution in [0.2, 0.25) is 0 Å². The van der Waals surface area contributed by atoms with E-state index in [0.29, 0.717) is 6.54 Å². The third-order valence-electron chi connectivity index (χ3n) is 6.05. The smallest absolute Gasteiger partial charge is 0.239 e. The summed E-state index contributed by atoms with van der Waals surface area (Å²) in [7, 11) is 3.55. The molecule has 2 fully saturated rings. The molecule has 0 spiro atoms. The van der Waals surface area contributed by atoms with Crippen LogP contribution in [-0.2, 0) is 9.53 Å². The van der Waals surface area contributed by atoms with Gasteiger partial charge in [0.1, 0.15) is 0 Å². The Labute approximate surface area is 174 Å². The number of amides is 1. The molecule has 3 rings (SSSR count). The van der Waals surface area contributed by atoms with Gasteiger partial charge in [0.2, 0.25) is 5.91 Å². The molecule has 2 aliphatic rings. The van der Waals surface area contributed by atoms with Crippen molar-refractivity contribution in [2.75, 3.05) is 60.0 Å². The summed E-state index contributed by atoms with van der Waals surface area (Å²) in [4.78, 5) is 23.7. The van der Waals surface area contributed by atoms with Gasteiger partial charge in [-0.1, -0.05) is 30.3 Å². The van der Waals surface area contributed by atoms with E-state index >= 15 is 0 Å². The van der Waals surface area contributed by atoms with E-state index in [9.17, 15) is 4.79 Å². The van der Waals surface area contributed by atoms with Crippen molar-refractivity contribution in [1.82, 2.24) is 20.0 Å². The van der Waals surface area contributed by atoms with Crippen molar-refractivity contribution in [3.63, 3.8) is 0 Å². The fourth-order valence-electron chi connectivity index (χ4n) is 4.20. The molecule has 2 unspecified atom stereocenters. The number of hydrogen-bond donors (Lipinski definition) is 1. The van der Waals surface area contributed by atoms with E-state index in [1.54, 1.807) is 7.11 Å². The SMILES string of the molecule is CN=C(NCC(OC)c1ccccc1)N1CCN(C(C)C(=O)N2CCCC2)CC1. The highest BCUT2D eigenvalue weighted by atomic mass is 16.5. The maximum absolute atomic E-state index is 12.7. The summed E-state index contributed by atoms with van der Waals surface area (Å²) in [5, 5.41) is 3.46. The average molecular weight is 402 g/mol. The van der Waals surface area contributed by atoms with Crippen LogP contribution in [0.3, 0.4) is 0 Å². The fraction of sp³-hybridized carbons (Fsp3) is 0.636. The first-order valence-electron chi connectivity index (χ1n) is 10.7. The molecule has 29 heavy (non-hydrogen) atoms. The van der Waals surface area contributed by atoms with Gasteiger partial charge in [0, 0.05) is 60.0 Å². The number of rotatable bonds is 6. The number of methoxy groups -OCH3 is 1. The number of likely N-dealkylation sites (tertiary alicyclic amines) is 1. The maximum atomic E-state index is 12.7. The zero-order valence-electron chi connectivity index (χ0n) is 18.0. The molecule has 0 bridgehead atoms. The van der Waals surface area contributed by atoms with E-state index in [1.165, 1.54) is 0 Å². The molecular formula is C22H35N5O2. The second kappa shape index (κ2) is 10.6. The minimum atomic E-state index is -0.0406. The maximum Gasteiger partial charge on any atom is 0.239 e. The molecular weight excluding hydrogens is 366 g/mol. The van der Waals surface area contributed by atoms with Gasteiger partial charge >= 0.3 is 0 Å². The van der Waals surface area contributed by atoms with Crippen LogP contribution in [0.15, 0.2) is 35.3 Å². The summed E-state index contributed by atoms with van der Waals surface area (Å²) in [6.45, 7) is 8.01. The molecule has 7 nitrogen and oxygen atoms in total. The van der Waals surface area contributed by atoms with Gasteiger partial charge in [0.05, 0.1) is 12.1 Å². The van der Waals surface area contributed by atoms with Crippen LogP contribution in [0.1, 0.15) is 31.4 Å². The van der Waals surface area contributed by atoms with Crippen LogP contribution >= 0.6 is 0 Å². The number of nitrogens with zero attached hydrogens (tertiary/aromatic N) is 4. The van der Waals surface area contributed by atoms with E-state index in [-0.39, 0.29) is 18.1 Å². The largest absolute Gasteiger partial charge is 0.375 e. The summed E-state index contributed by atoms with van der Waals surface area (Å²) in [6.07, 6.45) is 2.26. The lowest BCUT2D eigenvalue weighted by atomic mass is 10.1. The lowest BCUT2D eigenvalue weighted by Crippen LogP contribution is -2.57. The average Bonchev–Trinajstić information content (AvgIpc) is 3.32. The highest BCUT2D eigenvalue weighted by molar-refractivity contribution is 5.82. The van der Waals surface area contributed by atoms with Crippen molar-refractivity contribution in [1.29, 1.82) is 0 Å². The topological polar surface area (TPSA) is 60.4 Å². The molecule has 1 amide bonds. The van der Waals surface area contributed by atoms with Gasteiger partial charge in [-0.2, -0.15) is 0 Å². The first-order chi connectivity index (χ1) is 14.1. The summed E-state index contributed by atoms with van der Waals surface area (Å²) in [5.74, 6) is 1.17. The molecule has 2 atom stereocenters. The highest BCUT2D eigenvalue weighted by Gasteiger charge is 2.30. The van der Waals surface area contributed by atoms with Gasteiger partial charge < -0.3 is 19.9 Å². The number of benzene rings is 1. The number of piperazine rings is 1. The Morgan fingerprint density at radius 3 is 2.31 bits per heavy atom. The number of hydrogen-bond acceptors (Lipinski definition) is 4. The van der Waals surface area contributed by atoms with E-state index in [2.05, 4.69) is 32.2 Å². The summed E-state index contributed by atoms with van der Waals surface area (Å²) in [6, 6.07) is 10.2. The molecule has 2 saturated heterocycles. The molecule has 0 saturated carbocycles. The van der Waals surface area contributed by atoms with Crippen LogP contribution in [0.5, 0.6) is 0 Å². The van der Waals surface area contributed by atoms with Gasteiger partial charge in [0.25, 0.3) is 0 Å². The first-order valence-corrected chi connectivity index (χ1v) is 10.7. The zero-order valence-corrected chi connectivity index (χ0v) is 18.0. The Morgan fingerprint density at radius 1 is 1.07 bits per heavy atom. The van der Waals surface area contributed by atoms with E-state index in [1.807, 2.05) is 37.1 Å². The highest BCUT2D eigenvalue weighted by Crippen LogP contribution is 2.16. The zero-order chi connectivity index (χ0) is 20.6. The van der Waals surface area contributed by atoms with Crippen molar-refractivity contribution in [3.05, 3.63) is 35.9 Å². The first kappa shape index (κ1) is 21.6. The molecule has 1 aromatic carbocycles. The Balaban J connectivity index is 1.49. The van der Waals surface area contributed by atoms with Crippen molar-refractivity contribution < 1.29 is 9.53 Å². The fourth-order valence-corrected chi connectivity index (χ4v) is 4.20. The standard InChI is InChI=1S/C22H35N5O2/c1-18(21(28)26-11-7-8-12-26)25-13-15-27(16-14-25)22(23-2)24-17-20(29-3)19-9-5-4-6-10-19/h4-6,9-10,18,20H,7-8,11-17H2,1-3H3,(H,23,24). The van der Waals surface area contributed by atoms with Gasteiger partial charge in [-0.05, 0) is 25.3 Å². The summed E-state index contributed by atoms with van der Waals surface area (Å²) in [5.41, 5.74) is 1.15. The molecule has 0 aliphatic carbocycles. The van der Waals surface area contributed by atoms with Crippen LogP contribution in [-0.4, -0.2) is 92.6 Å². The van der Waals surface area contributed by atoms with Gasteiger partial charge in [0.15, 0.2) is 5.96 Å². The predicted molar refractivity (Wildman–Crippen MR) is 116 cm³/mol. The van der Waals surface area contributed by atoms with Gasteiger partial charge in [-0.25, -0.2) is 0 Å². The second-order valence-corrected chi connectivity index (χ2v) is 7.79. The Hall–Kier alpha value is -2.12. The van der Waals surface area contributed by atoms with E-state index in [0.717, 1.165) is 63.6 Å². The minimum Gasteiger partial charge on any atom is -0.375 e. The second-order valence-electron chi connectivity index (χ2n) is 7.79. The Kier molecular flexibility index (Phi) is 7.89. The van der Waals surface area contributed by atoms with Gasteiger partial charge in [-0.3, -0.25) is 14.7 Å². The Morgan fingerprint density at radius 2 is 1.72 bits per heavy atom. The van der Waals surface area contributed by atoms with E-state index in [4.69, 9.17) is 4.74 Å². The monoisotopic (exact) mass is 401 g/mol. The van der Waals surface area contributed by atoms with Gasteiger partial charge in [-0.15, -0.1) is 0 Å². The van der Waals surface area contributed by atoms with Crippen LogP contribution < -0.4 is 5.32 Å². The lowest BCUT2D eigenvalue weighted by Gasteiger charge is -2.39. The lowest BCUT2D eigenvalue weighted by molar-refractivity contribution is -0.135. The predicted octanol–water partition coefficient (Wildman–Crippen LogP) is 1.58. The quantitative estimate of drug-likeness (QED) is 0.579. The van der Waals surface area contributed by atoms with Crippen molar-refractivity contribution in [2.24, 2.45) is 4.99 Å². The molecule has 1 aromatic rings. The number of guanidine groups is 1. The molecule has 2 heterocycles. The van der Waals surface area contributed by atoms with E-state index < -0.39 is 0 Å². The van der Waals surface area contributed by atoms with Crippen molar-refractivity contribution >= 4 is 11.9 Å². The molecule has 1 N–H and O–H groups in total. The minimum absolute atomic E-state index is 0.0210. The van der Waals surface area contributed by atoms with Crippen molar-refractivity contribution in [2.45, 2.75) is 31.9 Å². The third kappa shape index (κ3) is 5.48. The number of carbonyl (C=O) groups is 1. The normalized spacial score (nSPS) is 20.6. The van der Waals surface area contributed by atoms with Crippen LogP contribution in [0, 0.1) is 0 Å².